The Labute approximate surface area is 99.0 Å². The van der Waals surface area contributed by atoms with Crippen LogP contribution in [0.25, 0.3) is 0 Å². The maximum atomic E-state index is 4.58. The number of aryl methyl sites for hydroxylation is 1. The Morgan fingerprint density at radius 2 is 1.75 bits per heavy atom. The van der Waals surface area contributed by atoms with E-state index in [1.807, 2.05) is 0 Å². The molecular formula is C14H24N2. The first-order chi connectivity index (χ1) is 7.59. The molecule has 0 atom stereocenters. The molecule has 0 fully saturated rings. The lowest BCUT2D eigenvalue weighted by Gasteiger charge is -2.19. The van der Waals surface area contributed by atoms with E-state index in [9.17, 15) is 0 Å². The molecule has 0 aromatic carbocycles. The molecule has 0 bridgehead atoms. The van der Waals surface area contributed by atoms with Gasteiger partial charge in [-0.3, -0.25) is 4.68 Å². The zero-order valence-electron chi connectivity index (χ0n) is 10.9. The van der Waals surface area contributed by atoms with E-state index >= 15 is 0 Å². The Bertz CT molecular complexity index is 344. The van der Waals surface area contributed by atoms with Gasteiger partial charge in [-0.05, 0) is 30.2 Å². The summed E-state index contributed by atoms with van der Waals surface area (Å²) < 4.78 is 2.26. The van der Waals surface area contributed by atoms with Crippen molar-refractivity contribution in [3.05, 3.63) is 17.5 Å². The number of hydrogen-bond acceptors (Lipinski definition) is 1. The van der Waals surface area contributed by atoms with Gasteiger partial charge in [-0.25, -0.2) is 0 Å². The molecule has 0 spiro atoms. The molecule has 1 aliphatic heterocycles. The van der Waals surface area contributed by atoms with Crippen molar-refractivity contribution in [2.24, 2.45) is 0 Å². The lowest BCUT2D eigenvalue weighted by atomic mass is 9.86. The molecule has 0 radical (unpaired) electrons. The van der Waals surface area contributed by atoms with E-state index in [4.69, 9.17) is 0 Å². The van der Waals surface area contributed by atoms with E-state index in [1.165, 1.54) is 49.8 Å². The molecule has 1 aliphatic rings. The second-order valence-corrected chi connectivity index (χ2v) is 6.00. The van der Waals surface area contributed by atoms with Crippen molar-refractivity contribution in [3.63, 3.8) is 0 Å². The molecule has 16 heavy (non-hydrogen) atoms. The van der Waals surface area contributed by atoms with Crippen LogP contribution >= 0.6 is 0 Å². The highest BCUT2D eigenvalue weighted by atomic mass is 15.3. The summed E-state index contributed by atoms with van der Waals surface area (Å²) in [5, 5.41) is 4.58. The second-order valence-electron chi connectivity index (χ2n) is 6.00. The number of hydrogen-bond donors (Lipinski definition) is 0. The van der Waals surface area contributed by atoms with Crippen LogP contribution in [0.3, 0.4) is 0 Å². The summed E-state index contributed by atoms with van der Waals surface area (Å²) in [6.45, 7) is 7.98. The minimum absolute atomic E-state index is 0.238. The van der Waals surface area contributed by atoms with Gasteiger partial charge in [0.1, 0.15) is 0 Å². The maximum absolute atomic E-state index is 4.58. The fourth-order valence-corrected chi connectivity index (χ4v) is 2.58. The molecular weight excluding hydrogens is 196 g/mol. The lowest BCUT2D eigenvalue weighted by molar-refractivity contribution is 0.534. The topological polar surface area (TPSA) is 17.8 Å². The summed E-state index contributed by atoms with van der Waals surface area (Å²) in [4.78, 5) is 0. The molecule has 90 valence electrons. The van der Waals surface area contributed by atoms with E-state index in [-0.39, 0.29) is 5.41 Å². The van der Waals surface area contributed by atoms with Crippen LogP contribution in [0.1, 0.15) is 64.1 Å². The number of rotatable bonds is 0. The Balaban J connectivity index is 2.29. The molecule has 0 saturated heterocycles. The SMILES string of the molecule is CC(C)(C)c1cnn2c1CCCCCCC2. The van der Waals surface area contributed by atoms with Crippen LogP contribution in [0.15, 0.2) is 6.20 Å². The summed E-state index contributed by atoms with van der Waals surface area (Å²) in [6, 6.07) is 0. The van der Waals surface area contributed by atoms with Crippen LogP contribution in [0.5, 0.6) is 0 Å². The average Bonchev–Trinajstić information content (AvgIpc) is 2.59. The fourth-order valence-electron chi connectivity index (χ4n) is 2.58. The normalized spacial score (nSPS) is 18.4. The van der Waals surface area contributed by atoms with Crippen molar-refractivity contribution in [1.29, 1.82) is 0 Å². The van der Waals surface area contributed by atoms with E-state index < -0.39 is 0 Å². The molecule has 1 aromatic rings. The summed E-state index contributed by atoms with van der Waals surface area (Å²) in [6.07, 6.45) is 10.1. The number of aromatic nitrogens is 2. The second kappa shape index (κ2) is 4.60. The van der Waals surface area contributed by atoms with E-state index in [1.54, 1.807) is 0 Å². The highest BCUT2D eigenvalue weighted by Gasteiger charge is 2.22. The Morgan fingerprint density at radius 3 is 2.50 bits per heavy atom. The van der Waals surface area contributed by atoms with Gasteiger partial charge >= 0.3 is 0 Å². The molecule has 0 saturated carbocycles. The summed E-state index contributed by atoms with van der Waals surface area (Å²) in [5.74, 6) is 0. The van der Waals surface area contributed by atoms with E-state index in [2.05, 4.69) is 36.7 Å². The monoisotopic (exact) mass is 220 g/mol. The van der Waals surface area contributed by atoms with Gasteiger partial charge in [-0.15, -0.1) is 0 Å². The summed E-state index contributed by atoms with van der Waals surface area (Å²) in [5.41, 5.74) is 3.19. The van der Waals surface area contributed by atoms with Gasteiger partial charge in [-0.1, -0.05) is 40.0 Å². The number of nitrogens with zero attached hydrogens (tertiary/aromatic N) is 2. The molecule has 0 aliphatic carbocycles. The molecule has 0 N–H and O–H groups in total. The maximum Gasteiger partial charge on any atom is 0.0530 e. The quantitative estimate of drug-likeness (QED) is 0.652. The van der Waals surface area contributed by atoms with Gasteiger partial charge in [0.05, 0.1) is 6.20 Å². The first-order valence-corrected chi connectivity index (χ1v) is 6.64. The average molecular weight is 220 g/mol. The van der Waals surface area contributed by atoms with Crippen molar-refractivity contribution in [3.8, 4) is 0 Å². The van der Waals surface area contributed by atoms with Gasteiger partial charge in [0.2, 0.25) is 0 Å². The smallest absolute Gasteiger partial charge is 0.0530 e. The molecule has 0 amide bonds. The lowest BCUT2D eigenvalue weighted by Crippen LogP contribution is -2.15. The highest BCUT2D eigenvalue weighted by molar-refractivity contribution is 5.26. The predicted octanol–water partition coefficient (Wildman–Crippen LogP) is 3.69. The minimum Gasteiger partial charge on any atom is -0.269 e. The van der Waals surface area contributed by atoms with Gasteiger partial charge in [0, 0.05) is 12.2 Å². The van der Waals surface area contributed by atoms with Crippen molar-refractivity contribution in [1.82, 2.24) is 9.78 Å². The summed E-state index contributed by atoms with van der Waals surface area (Å²) in [7, 11) is 0. The third kappa shape index (κ3) is 2.47. The molecule has 2 heteroatoms. The minimum atomic E-state index is 0.238. The van der Waals surface area contributed by atoms with Crippen LogP contribution < -0.4 is 0 Å². The number of fused-ring (bicyclic) bond motifs is 1. The first kappa shape index (κ1) is 11.7. The van der Waals surface area contributed by atoms with E-state index in [0.29, 0.717) is 0 Å². The molecule has 2 nitrogen and oxygen atoms in total. The standard InChI is InChI=1S/C14H24N2/c1-14(2,3)12-11-15-16-10-8-6-4-5-7-9-13(12)16/h11H,4-10H2,1-3H3. The third-order valence-electron chi connectivity index (χ3n) is 3.54. The largest absolute Gasteiger partial charge is 0.269 e. The van der Waals surface area contributed by atoms with Crippen LogP contribution in [-0.4, -0.2) is 9.78 Å². The molecule has 2 rings (SSSR count). The van der Waals surface area contributed by atoms with Gasteiger partial charge in [0.25, 0.3) is 0 Å². The van der Waals surface area contributed by atoms with Crippen molar-refractivity contribution in [2.45, 2.75) is 71.3 Å². The fraction of sp³-hybridized carbons (Fsp3) is 0.786. The Hall–Kier alpha value is -0.790. The van der Waals surface area contributed by atoms with E-state index in [0.717, 1.165) is 6.54 Å². The van der Waals surface area contributed by atoms with Crippen LogP contribution in [0.2, 0.25) is 0 Å². The van der Waals surface area contributed by atoms with Gasteiger partial charge < -0.3 is 0 Å². The molecule has 2 heterocycles. The predicted molar refractivity (Wildman–Crippen MR) is 67.7 cm³/mol. The molecule has 1 aromatic heterocycles. The third-order valence-corrected chi connectivity index (χ3v) is 3.54. The van der Waals surface area contributed by atoms with Crippen molar-refractivity contribution < 1.29 is 0 Å². The van der Waals surface area contributed by atoms with Crippen LogP contribution in [0.4, 0.5) is 0 Å². The highest BCUT2D eigenvalue weighted by Crippen LogP contribution is 2.28. The van der Waals surface area contributed by atoms with Crippen molar-refractivity contribution >= 4 is 0 Å². The Morgan fingerprint density at radius 1 is 1.06 bits per heavy atom. The van der Waals surface area contributed by atoms with Crippen LogP contribution in [-0.2, 0) is 18.4 Å². The first-order valence-electron chi connectivity index (χ1n) is 6.64. The van der Waals surface area contributed by atoms with Crippen LogP contribution in [0, 0.1) is 0 Å². The zero-order valence-corrected chi connectivity index (χ0v) is 10.9. The van der Waals surface area contributed by atoms with Gasteiger partial charge in [-0.2, -0.15) is 5.10 Å². The van der Waals surface area contributed by atoms with Gasteiger partial charge in [0.15, 0.2) is 0 Å². The summed E-state index contributed by atoms with van der Waals surface area (Å²) >= 11 is 0. The van der Waals surface area contributed by atoms with Crippen molar-refractivity contribution in [2.75, 3.05) is 0 Å². The Kier molecular flexibility index (Phi) is 3.36. The zero-order chi connectivity index (χ0) is 11.6. The molecule has 0 unspecified atom stereocenters.